The van der Waals surface area contributed by atoms with Crippen LogP contribution in [0.5, 0.6) is 0 Å². The van der Waals surface area contributed by atoms with Crippen molar-refractivity contribution in [3.05, 3.63) is 0 Å². The molecule has 6 heteroatoms. The third kappa shape index (κ3) is 7.55. The molecular formula is C12H22F2N2O2. The van der Waals surface area contributed by atoms with E-state index in [2.05, 4.69) is 15.4 Å². The first kappa shape index (κ1) is 15.3. The van der Waals surface area contributed by atoms with E-state index in [1.807, 2.05) is 0 Å². The van der Waals surface area contributed by atoms with Crippen LogP contribution < -0.4 is 10.6 Å². The predicted octanol–water partition coefficient (Wildman–Crippen LogP) is 1.16. The van der Waals surface area contributed by atoms with Gasteiger partial charge in [0, 0.05) is 13.0 Å². The van der Waals surface area contributed by atoms with Gasteiger partial charge in [-0.2, -0.15) is 0 Å². The number of rotatable bonds is 8. The summed E-state index contributed by atoms with van der Waals surface area (Å²) in [5.41, 5.74) is 0. The summed E-state index contributed by atoms with van der Waals surface area (Å²) < 4.78 is 28.1. The fourth-order valence-electron chi connectivity index (χ4n) is 2.03. The Morgan fingerprint density at radius 3 is 2.78 bits per heavy atom. The molecule has 0 saturated carbocycles. The molecular weight excluding hydrogens is 242 g/mol. The van der Waals surface area contributed by atoms with Crippen LogP contribution in [0.15, 0.2) is 0 Å². The molecule has 0 aromatic rings. The zero-order valence-electron chi connectivity index (χ0n) is 10.6. The van der Waals surface area contributed by atoms with E-state index in [0.29, 0.717) is 18.9 Å². The van der Waals surface area contributed by atoms with Gasteiger partial charge >= 0.3 is 0 Å². The number of carbonyl (C=O) groups is 1. The van der Waals surface area contributed by atoms with Crippen LogP contribution in [-0.2, 0) is 9.53 Å². The quantitative estimate of drug-likeness (QED) is 0.647. The third-order valence-corrected chi connectivity index (χ3v) is 3.05. The lowest BCUT2D eigenvalue weighted by Crippen LogP contribution is -2.30. The maximum atomic E-state index is 11.7. The van der Waals surface area contributed by atoms with Gasteiger partial charge < -0.3 is 15.4 Å². The van der Waals surface area contributed by atoms with Crippen molar-refractivity contribution in [2.75, 3.05) is 32.8 Å². The van der Waals surface area contributed by atoms with E-state index in [4.69, 9.17) is 0 Å². The van der Waals surface area contributed by atoms with Crippen LogP contribution in [-0.4, -0.2) is 45.2 Å². The van der Waals surface area contributed by atoms with Crippen molar-refractivity contribution in [2.24, 2.45) is 5.92 Å². The number of nitrogens with one attached hydrogen (secondary N) is 2. The summed E-state index contributed by atoms with van der Waals surface area (Å²) in [7, 11) is 0. The van der Waals surface area contributed by atoms with Gasteiger partial charge in [-0.25, -0.2) is 8.78 Å². The molecule has 2 N–H and O–H groups in total. The highest BCUT2D eigenvalue weighted by molar-refractivity contribution is 5.75. The fourth-order valence-corrected chi connectivity index (χ4v) is 2.03. The second kappa shape index (κ2) is 9.22. The number of ether oxygens (including phenoxy) is 1. The number of hydrogen-bond donors (Lipinski definition) is 2. The zero-order valence-corrected chi connectivity index (χ0v) is 10.6. The van der Waals surface area contributed by atoms with Crippen molar-refractivity contribution in [1.82, 2.24) is 10.6 Å². The minimum atomic E-state index is -2.44. The van der Waals surface area contributed by atoms with Gasteiger partial charge in [-0.3, -0.25) is 4.79 Å². The van der Waals surface area contributed by atoms with Crippen LogP contribution in [0.2, 0.25) is 0 Å². The molecule has 0 aromatic heterocycles. The van der Waals surface area contributed by atoms with Crippen molar-refractivity contribution in [2.45, 2.75) is 32.1 Å². The van der Waals surface area contributed by atoms with Gasteiger partial charge in [-0.1, -0.05) is 0 Å². The topological polar surface area (TPSA) is 50.4 Å². The number of alkyl halides is 2. The molecule has 0 spiro atoms. The monoisotopic (exact) mass is 264 g/mol. The number of amides is 1. The first-order valence-electron chi connectivity index (χ1n) is 6.52. The molecule has 1 fully saturated rings. The summed E-state index contributed by atoms with van der Waals surface area (Å²) >= 11 is 0. The Morgan fingerprint density at radius 2 is 2.11 bits per heavy atom. The minimum absolute atomic E-state index is 0.0193. The SMILES string of the molecule is O=C(CCC1CCNCC1)NCCOCC(F)F. The average Bonchev–Trinajstić information content (AvgIpc) is 2.37. The molecule has 1 heterocycles. The molecule has 0 bridgehead atoms. The lowest BCUT2D eigenvalue weighted by Gasteiger charge is -2.22. The molecule has 106 valence electrons. The van der Waals surface area contributed by atoms with E-state index in [1.54, 1.807) is 0 Å². The molecule has 4 nitrogen and oxygen atoms in total. The second-order valence-corrected chi connectivity index (χ2v) is 4.55. The lowest BCUT2D eigenvalue weighted by molar-refractivity contribution is -0.121. The smallest absolute Gasteiger partial charge is 0.261 e. The average molecular weight is 264 g/mol. The van der Waals surface area contributed by atoms with Gasteiger partial charge in [-0.05, 0) is 38.3 Å². The van der Waals surface area contributed by atoms with Crippen LogP contribution in [0.25, 0.3) is 0 Å². The molecule has 1 amide bonds. The maximum Gasteiger partial charge on any atom is 0.261 e. The second-order valence-electron chi connectivity index (χ2n) is 4.55. The fraction of sp³-hybridized carbons (Fsp3) is 0.917. The molecule has 1 rings (SSSR count). The number of hydrogen-bond acceptors (Lipinski definition) is 3. The number of carbonyl (C=O) groups excluding carboxylic acids is 1. The zero-order chi connectivity index (χ0) is 13.2. The summed E-state index contributed by atoms with van der Waals surface area (Å²) in [6.45, 7) is 1.95. The summed E-state index contributed by atoms with van der Waals surface area (Å²) in [4.78, 5) is 11.5. The molecule has 0 unspecified atom stereocenters. The third-order valence-electron chi connectivity index (χ3n) is 3.05. The first-order valence-corrected chi connectivity index (χ1v) is 6.52. The van der Waals surface area contributed by atoms with Crippen molar-refractivity contribution in [3.8, 4) is 0 Å². The highest BCUT2D eigenvalue weighted by Gasteiger charge is 2.14. The number of piperidine rings is 1. The van der Waals surface area contributed by atoms with Gasteiger partial charge in [0.15, 0.2) is 0 Å². The minimum Gasteiger partial charge on any atom is -0.374 e. The molecule has 0 radical (unpaired) electrons. The van der Waals surface area contributed by atoms with E-state index in [9.17, 15) is 13.6 Å². The summed E-state index contributed by atoms with van der Waals surface area (Å²) in [5, 5.41) is 5.95. The van der Waals surface area contributed by atoms with Crippen LogP contribution in [0.3, 0.4) is 0 Å². The first-order chi connectivity index (χ1) is 8.68. The van der Waals surface area contributed by atoms with Gasteiger partial charge in [-0.15, -0.1) is 0 Å². The van der Waals surface area contributed by atoms with E-state index in [-0.39, 0.29) is 12.5 Å². The van der Waals surface area contributed by atoms with Crippen molar-refractivity contribution < 1.29 is 18.3 Å². The van der Waals surface area contributed by atoms with Gasteiger partial charge in [0.1, 0.15) is 6.61 Å². The van der Waals surface area contributed by atoms with Crippen molar-refractivity contribution >= 4 is 5.91 Å². The van der Waals surface area contributed by atoms with Crippen molar-refractivity contribution in [3.63, 3.8) is 0 Å². The highest BCUT2D eigenvalue weighted by Crippen LogP contribution is 2.17. The lowest BCUT2D eigenvalue weighted by atomic mass is 9.93. The van der Waals surface area contributed by atoms with Crippen LogP contribution in [0, 0.1) is 5.92 Å². The predicted molar refractivity (Wildman–Crippen MR) is 64.7 cm³/mol. The number of halogens is 2. The Hall–Kier alpha value is -0.750. The Labute approximate surface area is 106 Å². The maximum absolute atomic E-state index is 11.7. The van der Waals surface area contributed by atoms with E-state index < -0.39 is 13.0 Å². The van der Waals surface area contributed by atoms with E-state index in [0.717, 1.165) is 32.4 Å². The standard InChI is InChI=1S/C12H22F2N2O2/c13-11(14)9-18-8-7-16-12(17)2-1-10-3-5-15-6-4-10/h10-11,15H,1-9H2,(H,16,17). The summed E-state index contributed by atoms with van der Waals surface area (Å²) in [5.74, 6) is 0.612. The van der Waals surface area contributed by atoms with Gasteiger partial charge in [0.2, 0.25) is 5.91 Å². The van der Waals surface area contributed by atoms with Crippen LogP contribution in [0.1, 0.15) is 25.7 Å². The molecule has 18 heavy (non-hydrogen) atoms. The van der Waals surface area contributed by atoms with Crippen LogP contribution in [0.4, 0.5) is 8.78 Å². The van der Waals surface area contributed by atoms with E-state index >= 15 is 0 Å². The van der Waals surface area contributed by atoms with Crippen molar-refractivity contribution in [1.29, 1.82) is 0 Å². The largest absolute Gasteiger partial charge is 0.374 e. The highest BCUT2D eigenvalue weighted by atomic mass is 19.3. The Balaban J connectivity index is 1.93. The van der Waals surface area contributed by atoms with Gasteiger partial charge in [0.25, 0.3) is 6.43 Å². The molecule has 0 atom stereocenters. The molecule has 1 aliphatic rings. The summed E-state index contributed by atoms with van der Waals surface area (Å²) in [6, 6.07) is 0. The Bertz CT molecular complexity index is 234. The summed E-state index contributed by atoms with van der Waals surface area (Å²) in [6.07, 6.45) is 1.24. The Kier molecular flexibility index (Phi) is 7.84. The molecule has 1 aliphatic heterocycles. The Morgan fingerprint density at radius 1 is 1.39 bits per heavy atom. The molecule has 0 aromatic carbocycles. The van der Waals surface area contributed by atoms with E-state index in [1.165, 1.54) is 0 Å². The molecule has 1 saturated heterocycles. The van der Waals surface area contributed by atoms with Crippen LogP contribution >= 0.6 is 0 Å². The normalized spacial score (nSPS) is 17.1. The van der Waals surface area contributed by atoms with Gasteiger partial charge in [0.05, 0.1) is 6.61 Å². The molecule has 0 aliphatic carbocycles.